The molecule has 1 aliphatic rings. The Bertz CT molecular complexity index is 972. The third kappa shape index (κ3) is 3.66. The van der Waals surface area contributed by atoms with Crippen LogP contribution in [0.5, 0.6) is 0 Å². The zero-order valence-corrected chi connectivity index (χ0v) is 16.2. The Labute approximate surface area is 164 Å². The smallest absolute Gasteiger partial charge is 0.253 e. The topological polar surface area (TPSA) is 78.5 Å². The average Bonchev–Trinajstić information content (AvgIpc) is 3.17. The molecule has 6 heteroatoms. The molecule has 3 aromatic rings. The summed E-state index contributed by atoms with van der Waals surface area (Å²) in [5.41, 5.74) is 4.46. The van der Waals surface area contributed by atoms with Gasteiger partial charge in [0.25, 0.3) is 5.91 Å². The molecule has 1 unspecified atom stereocenters. The zero-order chi connectivity index (χ0) is 19.7. The highest BCUT2D eigenvalue weighted by molar-refractivity contribution is 5.95. The molecule has 6 nitrogen and oxygen atoms in total. The molecule has 2 heterocycles. The normalized spacial score (nSPS) is 16.2. The maximum absolute atomic E-state index is 12.8. The minimum Gasteiger partial charge on any atom is -0.385 e. The zero-order valence-electron chi connectivity index (χ0n) is 16.2. The molecule has 0 bridgehead atoms. The van der Waals surface area contributed by atoms with Crippen molar-refractivity contribution in [1.29, 1.82) is 0 Å². The van der Waals surface area contributed by atoms with Gasteiger partial charge in [-0.2, -0.15) is 0 Å². The Morgan fingerprint density at radius 2 is 1.86 bits per heavy atom. The molecule has 0 spiro atoms. The second-order valence-corrected chi connectivity index (χ2v) is 7.37. The van der Waals surface area contributed by atoms with Gasteiger partial charge in [0.1, 0.15) is 11.9 Å². The predicted molar refractivity (Wildman–Crippen MR) is 108 cm³/mol. The van der Waals surface area contributed by atoms with Gasteiger partial charge in [-0.3, -0.25) is 4.79 Å². The number of aromatic nitrogens is 2. The molecule has 2 aromatic carbocycles. The summed E-state index contributed by atoms with van der Waals surface area (Å²) in [4.78, 5) is 22.2. The van der Waals surface area contributed by atoms with Crippen molar-refractivity contribution in [3.63, 3.8) is 0 Å². The van der Waals surface area contributed by atoms with Crippen molar-refractivity contribution in [3.05, 3.63) is 53.9 Å². The standard InChI is InChI=1S/C22H25N3O3/c1-14(26)21-23-19-8-7-17(13-20(19)24-21)15-3-5-16(6-4-15)22(27)25(2)18-9-11-28-12-10-18/h3-8,13-14,18,26H,9-12H2,1-2H3,(H,23,24). The van der Waals surface area contributed by atoms with Gasteiger partial charge in [0.15, 0.2) is 0 Å². The lowest BCUT2D eigenvalue weighted by molar-refractivity contribution is 0.0362. The van der Waals surface area contributed by atoms with Gasteiger partial charge in [-0.1, -0.05) is 18.2 Å². The number of rotatable bonds is 4. The van der Waals surface area contributed by atoms with E-state index in [4.69, 9.17) is 4.74 Å². The van der Waals surface area contributed by atoms with E-state index in [1.807, 2.05) is 54.4 Å². The number of carbonyl (C=O) groups is 1. The van der Waals surface area contributed by atoms with Crippen LogP contribution in [0.1, 0.15) is 42.1 Å². The SMILES string of the molecule is CC(O)c1nc2ccc(-c3ccc(C(=O)N(C)C4CCOCC4)cc3)cc2[nH]1. The number of nitrogens with zero attached hydrogens (tertiary/aromatic N) is 2. The summed E-state index contributed by atoms with van der Waals surface area (Å²) in [5, 5.41) is 9.70. The summed E-state index contributed by atoms with van der Waals surface area (Å²) in [5.74, 6) is 0.605. The Morgan fingerprint density at radius 1 is 1.18 bits per heavy atom. The molecule has 28 heavy (non-hydrogen) atoms. The Hall–Kier alpha value is -2.70. The number of aromatic amines is 1. The lowest BCUT2D eigenvalue weighted by atomic mass is 10.0. The number of H-pyrrole nitrogens is 1. The quantitative estimate of drug-likeness (QED) is 0.727. The van der Waals surface area contributed by atoms with Crippen molar-refractivity contribution in [2.45, 2.75) is 31.9 Å². The van der Waals surface area contributed by atoms with Crippen molar-refractivity contribution < 1.29 is 14.6 Å². The average molecular weight is 379 g/mol. The molecule has 0 saturated carbocycles. The van der Waals surface area contributed by atoms with Crippen LogP contribution in [0.4, 0.5) is 0 Å². The highest BCUT2D eigenvalue weighted by Gasteiger charge is 2.23. The van der Waals surface area contributed by atoms with Gasteiger partial charge in [-0.15, -0.1) is 0 Å². The molecule has 146 valence electrons. The Morgan fingerprint density at radius 3 is 2.54 bits per heavy atom. The highest BCUT2D eigenvalue weighted by Crippen LogP contribution is 2.25. The van der Waals surface area contributed by atoms with Gasteiger partial charge in [0, 0.05) is 31.9 Å². The summed E-state index contributed by atoms with van der Waals surface area (Å²) in [6.45, 7) is 3.12. The number of ether oxygens (including phenoxy) is 1. The first kappa shape index (κ1) is 18.7. The van der Waals surface area contributed by atoms with Crippen molar-refractivity contribution >= 4 is 16.9 Å². The van der Waals surface area contributed by atoms with E-state index in [2.05, 4.69) is 9.97 Å². The van der Waals surface area contributed by atoms with Crippen molar-refractivity contribution in [2.75, 3.05) is 20.3 Å². The predicted octanol–water partition coefficient (Wildman–Crippen LogP) is 3.53. The van der Waals surface area contributed by atoms with Crippen LogP contribution >= 0.6 is 0 Å². The molecule has 1 aromatic heterocycles. The summed E-state index contributed by atoms with van der Waals surface area (Å²) in [6, 6.07) is 13.9. The maximum Gasteiger partial charge on any atom is 0.253 e. The van der Waals surface area contributed by atoms with E-state index in [1.54, 1.807) is 6.92 Å². The number of carbonyl (C=O) groups excluding carboxylic acids is 1. The molecule has 1 atom stereocenters. The van der Waals surface area contributed by atoms with Crippen LogP contribution in [-0.4, -0.2) is 52.2 Å². The van der Waals surface area contributed by atoms with Crippen molar-refractivity contribution in [3.8, 4) is 11.1 Å². The summed E-state index contributed by atoms with van der Waals surface area (Å²) in [7, 11) is 1.87. The largest absolute Gasteiger partial charge is 0.385 e. The number of hydrogen-bond donors (Lipinski definition) is 2. The molecule has 4 rings (SSSR count). The number of nitrogens with one attached hydrogen (secondary N) is 1. The fraction of sp³-hybridized carbons (Fsp3) is 0.364. The van der Waals surface area contributed by atoms with Crippen LogP contribution in [0, 0.1) is 0 Å². The third-order valence-corrected chi connectivity index (χ3v) is 5.42. The second-order valence-electron chi connectivity index (χ2n) is 7.37. The summed E-state index contributed by atoms with van der Waals surface area (Å²) in [6.07, 6.45) is 1.15. The van der Waals surface area contributed by atoms with E-state index < -0.39 is 6.10 Å². The van der Waals surface area contributed by atoms with E-state index in [0.29, 0.717) is 24.6 Å². The number of aliphatic hydroxyl groups is 1. The molecule has 2 N–H and O–H groups in total. The van der Waals surface area contributed by atoms with Crippen molar-refractivity contribution in [1.82, 2.24) is 14.9 Å². The van der Waals surface area contributed by atoms with Crippen LogP contribution < -0.4 is 0 Å². The van der Waals surface area contributed by atoms with E-state index in [9.17, 15) is 9.90 Å². The van der Waals surface area contributed by atoms with Gasteiger partial charge >= 0.3 is 0 Å². The van der Waals surface area contributed by atoms with Gasteiger partial charge in [0.2, 0.25) is 0 Å². The fourth-order valence-corrected chi connectivity index (χ4v) is 3.65. The minimum absolute atomic E-state index is 0.0454. The molecule has 1 aliphatic heterocycles. The maximum atomic E-state index is 12.8. The number of aliphatic hydroxyl groups excluding tert-OH is 1. The number of imidazole rings is 1. The van der Waals surface area contributed by atoms with Crippen LogP contribution in [0.3, 0.4) is 0 Å². The van der Waals surface area contributed by atoms with Gasteiger partial charge in [-0.05, 0) is 55.2 Å². The van der Waals surface area contributed by atoms with E-state index in [0.717, 1.165) is 35.0 Å². The molecular weight excluding hydrogens is 354 g/mol. The number of amides is 1. The lowest BCUT2D eigenvalue weighted by Crippen LogP contribution is -2.40. The fourth-order valence-electron chi connectivity index (χ4n) is 3.65. The molecule has 0 radical (unpaired) electrons. The monoisotopic (exact) mass is 379 g/mol. The van der Waals surface area contributed by atoms with Crippen molar-refractivity contribution in [2.24, 2.45) is 0 Å². The molecule has 1 saturated heterocycles. The Kier molecular flexibility index (Phi) is 5.15. The van der Waals surface area contributed by atoms with Gasteiger partial charge < -0.3 is 19.7 Å². The number of fused-ring (bicyclic) bond motifs is 1. The molecule has 1 amide bonds. The van der Waals surface area contributed by atoms with Crippen LogP contribution in [0.25, 0.3) is 22.2 Å². The summed E-state index contributed by atoms with van der Waals surface area (Å²) < 4.78 is 5.39. The van der Waals surface area contributed by atoms with Crippen LogP contribution in [-0.2, 0) is 4.74 Å². The molecule has 1 fully saturated rings. The number of hydrogen-bond acceptors (Lipinski definition) is 4. The first-order chi connectivity index (χ1) is 13.5. The van der Waals surface area contributed by atoms with Crippen LogP contribution in [0.15, 0.2) is 42.5 Å². The molecule has 0 aliphatic carbocycles. The van der Waals surface area contributed by atoms with Crippen LogP contribution in [0.2, 0.25) is 0 Å². The minimum atomic E-state index is -0.631. The van der Waals surface area contributed by atoms with E-state index in [1.165, 1.54) is 0 Å². The first-order valence-electron chi connectivity index (χ1n) is 9.66. The molecular formula is C22H25N3O3. The highest BCUT2D eigenvalue weighted by atomic mass is 16.5. The lowest BCUT2D eigenvalue weighted by Gasteiger charge is -2.31. The third-order valence-electron chi connectivity index (χ3n) is 5.42. The number of benzene rings is 2. The van der Waals surface area contributed by atoms with E-state index in [-0.39, 0.29) is 11.9 Å². The summed E-state index contributed by atoms with van der Waals surface area (Å²) >= 11 is 0. The Balaban J connectivity index is 1.54. The van der Waals surface area contributed by atoms with Gasteiger partial charge in [-0.25, -0.2) is 4.98 Å². The second kappa shape index (κ2) is 7.73. The van der Waals surface area contributed by atoms with Gasteiger partial charge in [0.05, 0.1) is 11.0 Å². The van der Waals surface area contributed by atoms with E-state index >= 15 is 0 Å². The first-order valence-corrected chi connectivity index (χ1v) is 9.66.